The van der Waals surface area contributed by atoms with E-state index in [-0.39, 0.29) is 10.8 Å². The van der Waals surface area contributed by atoms with E-state index in [9.17, 15) is 13.2 Å². The number of nitrogens with zero attached hydrogens (tertiary/aromatic N) is 2. The molecule has 0 radical (unpaired) electrons. The SMILES string of the molecule is CN(C)S(=O)(=O)c1ccsc1C(=O)N1CCNCC1. The first kappa shape index (κ1) is 14.4. The molecule has 1 aromatic rings. The highest BCUT2D eigenvalue weighted by atomic mass is 32.2. The molecule has 1 amide bonds. The first-order valence-electron chi connectivity index (χ1n) is 5.94. The van der Waals surface area contributed by atoms with Crippen LogP contribution in [0.5, 0.6) is 0 Å². The Kier molecular flexibility index (Phi) is 4.24. The van der Waals surface area contributed by atoms with Gasteiger partial charge in [0.05, 0.1) is 0 Å². The second kappa shape index (κ2) is 5.58. The number of hydrogen-bond donors (Lipinski definition) is 1. The number of piperazine rings is 1. The number of thiophene rings is 1. The van der Waals surface area contributed by atoms with Gasteiger partial charge in [-0.25, -0.2) is 12.7 Å². The number of carbonyl (C=O) groups excluding carboxylic acids is 1. The Morgan fingerprint density at radius 2 is 2.00 bits per heavy atom. The van der Waals surface area contributed by atoms with Gasteiger partial charge in [0.15, 0.2) is 0 Å². The zero-order valence-corrected chi connectivity index (χ0v) is 12.6. The zero-order chi connectivity index (χ0) is 14.0. The monoisotopic (exact) mass is 303 g/mol. The van der Waals surface area contributed by atoms with Crippen LogP contribution >= 0.6 is 11.3 Å². The van der Waals surface area contributed by atoms with E-state index in [1.54, 1.807) is 10.3 Å². The van der Waals surface area contributed by atoms with Crippen LogP contribution in [-0.2, 0) is 10.0 Å². The third-order valence-electron chi connectivity index (χ3n) is 2.99. The fourth-order valence-electron chi connectivity index (χ4n) is 1.86. The summed E-state index contributed by atoms with van der Waals surface area (Å²) in [5.41, 5.74) is 0. The van der Waals surface area contributed by atoms with Gasteiger partial charge in [0.25, 0.3) is 5.91 Å². The average molecular weight is 303 g/mol. The maximum atomic E-state index is 12.4. The quantitative estimate of drug-likeness (QED) is 0.856. The Labute approximate surface area is 117 Å². The summed E-state index contributed by atoms with van der Waals surface area (Å²) >= 11 is 1.18. The Hall–Kier alpha value is -0.960. The molecule has 1 N–H and O–H groups in total. The lowest BCUT2D eigenvalue weighted by Crippen LogP contribution is -2.46. The largest absolute Gasteiger partial charge is 0.335 e. The molecule has 1 saturated heterocycles. The molecule has 6 nitrogen and oxygen atoms in total. The van der Waals surface area contributed by atoms with Crippen molar-refractivity contribution in [3.63, 3.8) is 0 Å². The highest BCUT2D eigenvalue weighted by Gasteiger charge is 2.28. The molecule has 0 spiro atoms. The standard InChI is InChI=1S/C11H17N3O3S2/c1-13(2)19(16,17)9-3-8-18-10(9)11(15)14-6-4-12-5-7-14/h3,8,12H,4-7H2,1-2H3. The van der Waals surface area contributed by atoms with E-state index in [1.165, 1.54) is 31.5 Å². The van der Waals surface area contributed by atoms with Crippen molar-refractivity contribution in [3.8, 4) is 0 Å². The average Bonchev–Trinajstić information content (AvgIpc) is 2.88. The molecule has 0 aliphatic carbocycles. The van der Waals surface area contributed by atoms with Crippen molar-refractivity contribution in [2.45, 2.75) is 4.90 Å². The lowest BCUT2D eigenvalue weighted by Gasteiger charge is -2.27. The van der Waals surface area contributed by atoms with Gasteiger partial charge < -0.3 is 10.2 Å². The summed E-state index contributed by atoms with van der Waals surface area (Å²) in [5.74, 6) is -0.197. The summed E-state index contributed by atoms with van der Waals surface area (Å²) < 4.78 is 25.4. The van der Waals surface area contributed by atoms with Gasteiger partial charge in [-0.15, -0.1) is 11.3 Å². The highest BCUT2D eigenvalue weighted by molar-refractivity contribution is 7.89. The third-order valence-corrected chi connectivity index (χ3v) is 5.88. The number of carbonyl (C=O) groups is 1. The Bertz CT molecular complexity index is 559. The molecule has 19 heavy (non-hydrogen) atoms. The maximum absolute atomic E-state index is 12.4. The van der Waals surface area contributed by atoms with Crippen molar-refractivity contribution < 1.29 is 13.2 Å². The molecule has 0 saturated carbocycles. The van der Waals surface area contributed by atoms with E-state index < -0.39 is 10.0 Å². The lowest BCUT2D eigenvalue weighted by atomic mass is 10.3. The van der Waals surface area contributed by atoms with Crippen molar-refractivity contribution in [3.05, 3.63) is 16.3 Å². The molecular formula is C11H17N3O3S2. The lowest BCUT2D eigenvalue weighted by molar-refractivity contribution is 0.0737. The molecule has 0 unspecified atom stereocenters. The van der Waals surface area contributed by atoms with Crippen LogP contribution in [0.2, 0.25) is 0 Å². The van der Waals surface area contributed by atoms with Crippen LogP contribution in [0.3, 0.4) is 0 Å². The maximum Gasteiger partial charge on any atom is 0.265 e. The highest BCUT2D eigenvalue weighted by Crippen LogP contribution is 2.25. The Morgan fingerprint density at radius 3 is 2.58 bits per heavy atom. The first-order chi connectivity index (χ1) is 8.94. The van der Waals surface area contributed by atoms with Crippen molar-refractivity contribution >= 4 is 27.3 Å². The van der Waals surface area contributed by atoms with Gasteiger partial charge in [0.1, 0.15) is 9.77 Å². The van der Waals surface area contributed by atoms with Crippen LogP contribution in [0.4, 0.5) is 0 Å². The van der Waals surface area contributed by atoms with Crippen molar-refractivity contribution in [1.82, 2.24) is 14.5 Å². The van der Waals surface area contributed by atoms with Crippen LogP contribution in [0.1, 0.15) is 9.67 Å². The molecule has 2 heterocycles. The molecule has 8 heteroatoms. The van der Waals surface area contributed by atoms with Crippen LogP contribution in [-0.4, -0.2) is 63.8 Å². The van der Waals surface area contributed by atoms with E-state index in [4.69, 9.17) is 0 Å². The molecule has 106 valence electrons. The fraction of sp³-hybridized carbons (Fsp3) is 0.545. The molecular weight excluding hydrogens is 286 g/mol. The second-order valence-electron chi connectivity index (χ2n) is 4.44. The van der Waals surface area contributed by atoms with Crippen LogP contribution in [0.15, 0.2) is 16.3 Å². The van der Waals surface area contributed by atoms with Crippen molar-refractivity contribution in [2.75, 3.05) is 40.3 Å². The summed E-state index contributed by atoms with van der Waals surface area (Å²) in [4.78, 5) is 14.5. The smallest absolute Gasteiger partial charge is 0.265 e. The third kappa shape index (κ3) is 2.81. The van der Waals surface area contributed by atoms with Crippen LogP contribution < -0.4 is 5.32 Å². The molecule has 1 aromatic heterocycles. The van der Waals surface area contributed by atoms with Gasteiger partial charge in [-0.1, -0.05) is 0 Å². The van der Waals surface area contributed by atoms with Gasteiger partial charge >= 0.3 is 0 Å². The van der Waals surface area contributed by atoms with Gasteiger partial charge in [0.2, 0.25) is 10.0 Å². The van der Waals surface area contributed by atoms with Crippen molar-refractivity contribution in [2.24, 2.45) is 0 Å². The predicted octanol–water partition coefficient (Wildman–Crippen LogP) is 0.0438. The van der Waals surface area contributed by atoms with E-state index in [0.29, 0.717) is 18.0 Å². The minimum atomic E-state index is -3.57. The Balaban J connectivity index is 2.32. The number of hydrogen-bond acceptors (Lipinski definition) is 5. The van der Waals surface area contributed by atoms with E-state index in [0.717, 1.165) is 17.4 Å². The first-order valence-corrected chi connectivity index (χ1v) is 8.26. The molecule has 2 rings (SSSR count). The summed E-state index contributed by atoms with van der Waals surface area (Å²) in [6.07, 6.45) is 0. The number of amides is 1. The van der Waals surface area contributed by atoms with Crippen LogP contribution in [0.25, 0.3) is 0 Å². The molecule has 0 bridgehead atoms. The zero-order valence-electron chi connectivity index (χ0n) is 10.9. The topological polar surface area (TPSA) is 69.7 Å². The Morgan fingerprint density at radius 1 is 1.37 bits per heavy atom. The summed E-state index contributed by atoms with van der Waals surface area (Å²) in [6.45, 7) is 2.70. The molecule has 1 aliphatic heterocycles. The molecule has 0 atom stereocenters. The summed E-state index contributed by atoms with van der Waals surface area (Å²) in [7, 11) is -0.639. The molecule has 1 fully saturated rings. The van der Waals surface area contributed by atoms with Gasteiger partial charge in [-0.05, 0) is 11.4 Å². The molecule has 1 aliphatic rings. The molecule has 0 aromatic carbocycles. The van der Waals surface area contributed by atoms with Gasteiger partial charge in [-0.2, -0.15) is 0 Å². The van der Waals surface area contributed by atoms with Crippen molar-refractivity contribution in [1.29, 1.82) is 0 Å². The van der Waals surface area contributed by atoms with E-state index in [1.807, 2.05) is 0 Å². The second-order valence-corrected chi connectivity index (χ2v) is 7.48. The van der Waals surface area contributed by atoms with E-state index >= 15 is 0 Å². The minimum absolute atomic E-state index is 0.103. The van der Waals surface area contributed by atoms with E-state index in [2.05, 4.69) is 5.32 Å². The minimum Gasteiger partial charge on any atom is -0.335 e. The van der Waals surface area contributed by atoms with Gasteiger partial charge in [-0.3, -0.25) is 4.79 Å². The summed E-state index contributed by atoms with van der Waals surface area (Å²) in [5, 5.41) is 4.81. The predicted molar refractivity (Wildman–Crippen MR) is 74.0 cm³/mol. The normalized spacial score (nSPS) is 16.9. The van der Waals surface area contributed by atoms with Gasteiger partial charge in [0, 0.05) is 40.3 Å². The summed E-state index contributed by atoms with van der Waals surface area (Å²) in [6, 6.07) is 1.50. The number of sulfonamides is 1. The number of rotatable bonds is 3. The van der Waals surface area contributed by atoms with Crippen LogP contribution in [0, 0.1) is 0 Å². The fourth-order valence-corrected chi connectivity index (χ4v) is 4.12. The number of nitrogens with one attached hydrogen (secondary N) is 1.